The molecule has 0 aliphatic heterocycles. The van der Waals surface area contributed by atoms with Gasteiger partial charge in [0.1, 0.15) is 0 Å². The van der Waals surface area contributed by atoms with E-state index in [0.29, 0.717) is 0 Å². The van der Waals surface area contributed by atoms with Crippen molar-refractivity contribution in [3.05, 3.63) is 47.5 Å². The van der Waals surface area contributed by atoms with Gasteiger partial charge in [0.25, 0.3) is 0 Å². The highest BCUT2D eigenvalue weighted by Gasteiger charge is 2.16. The highest BCUT2D eigenvalue weighted by molar-refractivity contribution is 7.36. The normalized spacial score (nSPS) is 11.9. The summed E-state index contributed by atoms with van der Waals surface area (Å²) in [6.07, 6.45) is 19.1. The van der Waals surface area contributed by atoms with Gasteiger partial charge in [0.15, 0.2) is 0 Å². The van der Waals surface area contributed by atoms with E-state index < -0.39 is 0 Å². The molecule has 0 N–H and O–H groups in total. The highest BCUT2D eigenvalue weighted by Crippen LogP contribution is 2.46. The van der Waals surface area contributed by atoms with Crippen molar-refractivity contribution in [3.8, 4) is 0 Å². The third kappa shape index (κ3) is 5.57. The van der Waals surface area contributed by atoms with Crippen LogP contribution >= 0.6 is 22.7 Å². The van der Waals surface area contributed by atoms with E-state index >= 15 is 0 Å². The number of unbranched alkanes of at least 4 members (excludes halogenated alkanes) is 10. The van der Waals surface area contributed by atoms with Gasteiger partial charge in [0, 0.05) is 20.2 Å². The molecule has 172 valence electrons. The first-order chi connectivity index (χ1) is 15.8. The lowest BCUT2D eigenvalue weighted by molar-refractivity contribution is 0.600. The van der Waals surface area contributed by atoms with Crippen molar-refractivity contribution < 1.29 is 0 Å². The summed E-state index contributed by atoms with van der Waals surface area (Å²) in [5.41, 5.74) is 3.32. The quantitative estimate of drug-likeness (QED) is 0.163. The number of hydrogen-bond donors (Lipinski definition) is 0. The Balaban J connectivity index is 1.56. The molecule has 4 rings (SSSR count). The van der Waals surface area contributed by atoms with Crippen LogP contribution in [0.2, 0.25) is 0 Å². The predicted molar refractivity (Wildman–Crippen MR) is 149 cm³/mol. The molecule has 0 fully saturated rings. The topological polar surface area (TPSA) is 0 Å². The Labute approximate surface area is 203 Å². The van der Waals surface area contributed by atoms with Gasteiger partial charge in [-0.25, -0.2) is 0 Å². The molecule has 0 amide bonds. The number of aryl methyl sites for hydroxylation is 2. The van der Waals surface area contributed by atoms with Crippen LogP contribution in [-0.4, -0.2) is 0 Å². The zero-order valence-electron chi connectivity index (χ0n) is 20.2. The summed E-state index contributed by atoms with van der Waals surface area (Å²) >= 11 is 4.06. The van der Waals surface area contributed by atoms with Crippen molar-refractivity contribution >= 4 is 52.2 Å². The van der Waals surface area contributed by atoms with Crippen LogP contribution in [0.15, 0.2) is 36.4 Å². The fraction of sp³-hybridized carbons (Fsp3) is 0.533. The third-order valence-electron chi connectivity index (χ3n) is 6.94. The van der Waals surface area contributed by atoms with Crippen molar-refractivity contribution in [3.63, 3.8) is 0 Å². The van der Waals surface area contributed by atoms with Gasteiger partial charge in [-0.15, -0.1) is 22.7 Å². The molecule has 0 nitrogen and oxygen atoms in total. The lowest BCUT2D eigenvalue weighted by Gasteiger charge is -2.12. The molecule has 0 spiro atoms. The van der Waals surface area contributed by atoms with Crippen LogP contribution in [0.4, 0.5) is 0 Å². The van der Waals surface area contributed by atoms with E-state index in [1.807, 2.05) is 11.3 Å². The monoisotopic (exact) mass is 464 g/mol. The second-order valence-electron chi connectivity index (χ2n) is 9.47. The predicted octanol–water partition coefficient (Wildman–Crippen LogP) is 11.1. The van der Waals surface area contributed by atoms with E-state index in [9.17, 15) is 0 Å². The number of thiophene rings is 2. The minimum atomic E-state index is 1.26. The van der Waals surface area contributed by atoms with E-state index in [-0.39, 0.29) is 0 Å². The SMILES string of the molecule is CCCCCCCCc1ccc2c(sc3c4ccccc4sc23)c1CCCCCCCC. The maximum Gasteiger partial charge on any atom is 0.0542 e. The average molecular weight is 465 g/mol. The summed E-state index contributed by atoms with van der Waals surface area (Å²) in [7, 11) is 0. The van der Waals surface area contributed by atoms with E-state index in [0.717, 1.165) is 0 Å². The molecule has 32 heavy (non-hydrogen) atoms. The van der Waals surface area contributed by atoms with Crippen LogP contribution in [-0.2, 0) is 12.8 Å². The van der Waals surface area contributed by atoms with Crippen molar-refractivity contribution in [2.45, 2.75) is 104 Å². The molecule has 0 aliphatic rings. The molecule has 0 unspecified atom stereocenters. The van der Waals surface area contributed by atoms with Gasteiger partial charge in [0.05, 0.1) is 9.40 Å². The minimum Gasteiger partial charge on any atom is -0.134 e. The maximum atomic E-state index is 2.48. The van der Waals surface area contributed by atoms with Crippen LogP contribution < -0.4 is 0 Å². The fourth-order valence-corrected chi connectivity index (χ4v) is 7.89. The molecule has 2 heterocycles. The minimum absolute atomic E-state index is 1.26. The second-order valence-corrected chi connectivity index (χ2v) is 11.5. The Kier molecular flexibility index (Phi) is 9.05. The van der Waals surface area contributed by atoms with Gasteiger partial charge in [-0.3, -0.25) is 0 Å². The molecule has 0 saturated carbocycles. The Morgan fingerprint density at radius 3 is 1.91 bits per heavy atom. The molecule has 0 radical (unpaired) electrons. The third-order valence-corrected chi connectivity index (χ3v) is 9.57. The zero-order valence-corrected chi connectivity index (χ0v) is 21.8. The lowest BCUT2D eigenvalue weighted by Crippen LogP contribution is -1.96. The number of benzene rings is 2. The molecule has 2 heteroatoms. The largest absolute Gasteiger partial charge is 0.134 e. The standard InChI is InChI=1S/C30H40S2/c1-3-5-7-9-11-13-17-23-21-22-26-28(24(23)18-14-12-10-8-6-4-2)32-29-25-19-15-16-20-27(25)31-30(26)29/h15-16,19-22H,3-14,17-18H2,1-2H3. The van der Waals surface area contributed by atoms with Crippen molar-refractivity contribution in [1.82, 2.24) is 0 Å². The molecule has 0 bridgehead atoms. The number of fused-ring (bicyclic) bond motifs is 5. The Bertz CT molecular complexity index is 1110. The first kappa shape index (κ1) is 23.8. The molecular formula is C30H40S2. The summed E-state index contributed by atoms with van der Waals surface area (Å²) in [6, 6.07) is 13.9. The number of hydrogen-bond acceptors (Lipinski definition) is 2. The molecule has 0 aliphatic carbocycles. The first-order valence-electron chi connectivity index (χ1n) is 13.2. The van der Waals surface area contributed by atoms with Crippen LogP contribution in [0.5, 0.6) is 0 Å². The molecule has 0 atom stereocenters. The van der Waals surface area contributed by atoms with Gasteiger partial charge >= 0.3 is 0 Å². The Morgan fingerprint density at radius 1 is 0.531 bits per heavy atom. The van der Waals surface area contributed by atoms with Gasteiger partial charge in [-0.05, 0) is 42.9 Å². The average Bonchev–Trinajstić information content (AvgIpc) is 3.35. The zero-order chi connectivity index (χ0) is 22.2. The summed E-state index contributed by atoms with van der Waals surface area (Å²) in [6.45, 7) is 4.61. The molecular weight excluding hydrogens is 424 g/mol. The van der Waals surface area contributed by atoms with E-state index in [2.05, 4.69) is 61.6 Å². The Morgan fingerprint density at radius 2 is 1.16 bits per heavy atom. The van der Waals surface area contributed by atoms with Crippen LogP contribution in [0.3, 0.4) is 0 Å². The van der Waals surface area contributed by atoms with Gasteiger partial charge in [-0.1, -0.05) is 108 Å². The molecule has 4 aromatic rings. The lowest BCUT2D eigenvalue weighted by atomic mass is 9.95. The summed E-state index contributed by atoms with van der Waals surface area (Å²) in [5, 5.41) is 2.97. The maximum absolute atomic E-state index is 2.48. The van der Waals surface area contributed by atoms with Gasteiger partial charge in [0.2, 0.25) is 0 Å². The van der Waals surface area contributed by atoms with E-state index in [4.69, 9.17) is 0 Å². The fourth-order valence-electron chi connectivity index (χ4n) is 5.05. The van der Waals surface area contributed by atoms with Gasteiger partial charge in [-0.2, -0.15) is 0 Å². The van der Waals surface area contributed by atoms with Crippen LogP contribution in [0.1, 0.15) is 102 Å². The Hall–Kier alpha value is -1.38. The smallest absolute Gasteiger partial charge is 0.0542 e. The highest BCUT2D eigenvalue weighted by atomic mass is 32.1. The van der Waals surface area contributed by atoms with Crippen LogP contribution in [0.25, 0.3) is 29.6 Å². The van der Waals surface area contributed by atoms with Gasteiger partial charge < -0.3 is 0 Å². The van der Waals surface area contributed by atoms with Crippen molar-refractivity contribution in [1.29, 1.82) is 0 Å². The number of rotatable bonds is 14. The molecule has 2 aromatic heterocycles. The van der Waals surface area contributed by atoms with E-state index in [1.165, 1.54) is 115 Å². The summed E-state index contributed by atoms with van der Waals surface area (Å²) in [5.74, 6) is 0. The summed E-state index contributed by atoms with van der Waals surface area (Å²) < 4.78 is 6.06. The van der Waals surface area contributed by atoms with Crippen LogP contribution in [0, 0.1) is 0 Å². The first-order valence-corrected chi connectivity index (χ1v) is 14.8. The van der Waals surface area contributed by atoms with Crippen molar-refractivity contribution in [2.75, 3.05) is 0 Å². The molecule has 2 aromatic carbocycles. The van der Waals surface area contributed by atoms with Crippen molar-refractivity contribution in [2.24, 2.45) is 0 Å². The molecule has 0 saturated heterocycles. The second kappa shape index (κ2) is 12.2. The van der Waals surface area contributed by atoms with E-state index in [1.54, 1.807) is 15.8 Å². The summed E-state index contributed by atoms with van der Waals surface area (Å²) in [4.78, 5) is 0.